The number of carbonyl (C=O) groups excluding carboxylic acids is 1. The second kappa shape index (κ2) is 4.87. The smallest absolute Gasteiger partial charge is 0.293 e. The molecule has 0 amide bonds. The lowest BCUT2D eigenvalue weighted by molar-refractivity contribution is -0.137. The molecule has 1 aromatic carbocycles. The van der Waals surface area contributed by atoms with E-state index in [4.69, 9.17) is 0 Å². The molecule has 1 nitrogen and oxygen atoms in total. The molecular formula is C10H7Br2F3O. The third-order valence-electron chi connectivity index (χ3n) is 1.93. The Morgan fingerprint density at radius 1 is 1.38 bits per heavy atom. The van der Waals surface area contributed by atoms with Crippen LogP contribution in [0.15, 0.2) is 22.7 Å². The number of hydrogen-bond donors (Lipinski definition) is 0. The number of Topliss-reactive ketones (excluding diaryl/α,β-unsaturated/α-hetero) is 1. The van der Waals surface area contributed by atoms with E-state index in [-0.39, 0.29) is 10.0 Å². The van der Waals surface area contributed by atoms with Crippen molar-refractivity contribution in [2.75, 3.05) is 0 Å². The van der Waals surface area contributed by atoms with Crippen LogP contribution in [0.25, 0.3) is 0 Å². The number of ketones is 1. The fourth-order valence-electron chi connectivity index (χ4n) is 1.21. The molecule has 0 fully saturated rings. The molecule has 0 N–H and O–H groups in total. The third kappa shape index (κ3) is 2.85. The number of rotatable bonds is 2. The minimum atomic E-state index is -4.53. The molecule has 16 heavy (non-hydrogen) atoms. The molecule has 0 bridgehead atoms. The van der Waals surface area contributed by atoms with Crippen LogP contribution in [0.1, 0.15) is 22.8 Å². The van der Waals surface area contributed by atoms with E-state index in [1.54, 1.807) is 0 Å². The van der Waals surface area contributed by atoms with Gasteiger partial charge in [0, 0.05) is 10.0 Å². The van der Waals surface area contributed by atoms with Crippen molar-refractivity contribution >= 4 is 37.6 Å². The van der Waals surface area contributed by atoms with Crippen LogP contribution in [-0.4, -0.2) is 10.6 Å². The van der Waals surface area contributed by atoms with E-state index in [1.807, 2.05) is 0 Å². The quantitative estimate of drug-likeness (QED) is 0.563. The van der Waals surface area contributed by atoms with Crippen LogP contribution in [-0.2, 0) is 6.18 Å². The number of halogens is 5. The van der Waals surface area contributed by atoms with Gasteiger partial charge < -0.3 is 0 Å². The summed E-state index contributed by atoms with van der Waals surface area (Å²) in [5.41, 5.74) is -1.25. The summed E-state index contributed by atoms with van der Waals surface area (Å²) in [7, 11) is 0. The summed E-state index contributed by atoms with van der Waals surface area (Å²) in [5, 5.41) is 0. The topological polar surface area (TPSA) is 17.1 Å². The lowest BCUT2D eigenvalue weighted by Gasteiger charge is -2.14. The molecule has 0 saturated heterocycles. The van der Waals surface area contributed by atoms with E-state index >= 15 is 0 Å². The molecule has 1 unspecified atom stereocenters. The van der Waals surface area contributed by atoms with Crippen LogP contribution in [0, 0.1) is 0 Å². The number of carbonyl (C=O) groups is 1. The lowest BCUT2D eigenvalue weighted by Crippen LogP contribution is -2.18. The fraction of sp³-hybridized carbons (Fsp3) is 0.300. The predicted octanol–water partition coefficient (Wildman–Crippen LogP) is 4.43. The highest BCUT2D eigenvalue weighted by molar-refractivity contribution is 9.10. The van der Waals surface area contributed by atoms with Crippen molar-refractivity contribution in [2.24, 2.45) is 0 Å². The normalized spacial score (nSPS) is 13.6. The van der Waals surface area contributed by atoms with E-state index in [1.165, 1.54) is 19.1 Å². The van der Waals surface area contributed by atoms with E-state index < -0.39 is 22.4 Å². The molecule has 0 aliphatic carbocycles. The van der Waals surface area contributed by atoms with E-state index in [2.05, 4.69) is 31.9 Å². The Hall–Kier alpha value is -0.360. The van der Waals surface area contributed by atoms with Gasteiger partial charge in [-0.2, -0.15) is 13.2 Å². The molecule has 6 heteroatoms. The van der Waals surface area contributed by atoms with Crippen LogP contribution in [0.3, 0.4) is 0 Å². The lowest BCUT2D eigenvalue weighted by atomic mass is 10.0. The van der Waals surface area contributed by atoms with Gasteiger partial charge >= 0.3 is 6.18 Å². The summed E-state index contributed by atoms with van der Waals surface area (Å²) >= 11 is 5.94. The van der Waals surface area contributed by atoms with Crippen LogP contribution < -0.4 is 0 Å². The van der Waals surface area contributed by atoms with E-state index in [0.29, 0.717) is 0 Å². The van der Waals surface area contributed by atoms with Gasteiger partial charge in [-0.15, -0.1) is 0 Å². The molecule has 0 radical (unpaired) electrons. The van der Waals surface area contributed by atoms with Crippen molar-refractivity contribution in [3.05, 3.63) is 33.8 Å². The molecule has 0 aliphatic heterocycles. The highest BCUT2D eigenvalue weighted by atomic mass is 79.9. The zero-order valence-electron chi connectivity index (χ0n) is 8.11. The zero-order valence-corrected chi connectivity index (χ0v) is 11.3. The zero-order chi connectivity index (χ0) is 12.5. The molecule has 1 aromatic rings. The standard InChI is InChI=1S/C10H7Br2F3O/c1-5(11)9(16)8-6(10(13,14)15)3-2-4-7(8)12/h2-5H,1H3. The average molecular weight is 360 g/mol. The molecule has 0 heterocycles. The van der Waals surface area contributed by atoms with Crippen molar-refractivity contribution in [1.82, 2.24) is 0 Å². The molecule has 88 valence electrons. The first-order chi connectivity index (χ1) is 7.25. The maximum absolute atomic E-state index is 12.7. The number of hydrogen-bond acceptors (Lipinski definition) is 1. The molecule has 1 rings (SSSR count). The number of benzene rings is 1. The first-order valence-electron chi connectivity index (χ1n) is 4.29. The van der Waals surface area contributed by atoms with Crippen molar-refractivity contribution in [3.8, 4) is 0 Å². The Bertz CT molecular complexity index is 413. The maximum atomic E-state index is 12.7. The Balaban J connectivity index is 3.41. The van der Waals surface area contributed by atoms with Crippen LogP contribution in [0.4, 0.5) is 13.2 Å². The SMILES string of the molecule is CC(Br)C(=O)c1c(Br)cccc1C(F)(F)F. The van der Waals surface area contributed by atoms with Gasteiger partial charge in [0.1, 0.15) is 0 Å². The predicted molar refractivity (Wildman–Crippen MR) is 61.9 cm³/mol. The van der Waals surface area contributed by atoms with Gasteiger partial charge in [0.25, 0.3) is 0 Å². The first-order valence-corrected chi connectivity index (χ1v) is 6.00. The van der Waals surface area contributed by atoms with Gasteiger partial charge in [0.15, 0.2) is 5.78 Å². The van der Waals surface area contributed by atoms with Gasteiger partial charge in [-0.1, -0.05) is 37.9 Å². The summed E-state index contributed by atoms with van der Waals surface area (Å²) in [5.74, 6) is -0.597. The maximum Gasteiger partial charge on any atom is 0.417 e. The molecule has 0 spiro atoms. The van der Waals surface area contributed by atoms with Gasteiger partial charge in [0.05, 0.1) is 10.4 Å². The van der Waals surface area contributed by atoms with E-state index in [0.717, 1.165) is 6.07 Å². The van der Waals surface area contributed by atoms with Gasteiger partial charge in [-0.05, 0) is 19.1 Å². The van der Waals surface area contributed by atoms with Crippen LogP contribution in [0.5, 0.6) is 0 Å². The summed E-state index contributed by atoms with van der Waals surface area (Å²) in [6.07, 6.45) is -4.53. The van der Waals surface area contributed by atoms with Crippen molar-refractivity contribution in [2.45, 2.75) is 17.9 Å². The van der Waals surface area contributed by atoms with E-state index in [9.17, 15) is 18.0 Å². The van der Waals surface area contributed by atoms with Crippen molar-refractivity contribution in [3.63, 3.8) is 0 Å². The van der Waals surface area contributed by atoms with Gasteiger partial charge in [0.2, 0.25) is 0 Å². The highest BCUT2D eigenvalue weighted by Gasteiger charge is 2.36. The molecule has 0 aliphatic rings. The summed E-state index contributed by atoms with van der Waals surface area (Å²) in [6.45, 7) is 1.49. The first kappa shape index (κ1) is 13.7. The fourth-order valence-corrected chi connectivity index (χ4v) is 2.00. The minimum absolute atomic E-state index is 0.152. The Labute approximate surface area is 107 Å². The van der Waals surface area contributed by atoms with Gasteiger partial charge in [-0.25, -0.2) is 0 Å². The molecule has 0 saturated carbocycles. The Kier molecular flexibility index (Phi) is 4.17. The average Bonchev–Trinajstić information content (AvgIpc) is 2.14. The van der Waals surface area contributed by atoms with Crippen molar-refractivity contribution < 1.29 is 18.0 Å². The molecule has 0 aromatic heterocycles. The molecule has 1 atom stereocenters. The number of alkyl halides is 4. The van der Waals surface area contributed by atoms with Gasteiger partial charge in [-0.3, -0.25) is 4.79 Å². The monoisotopic (exact) mass is 358 g/mol. The highest BCUT2D eigenvalue weighted by Crippen LogP contribution is 2.36. The van der Waals surface area contributed by atoms with Crippen molar-refractivity contribution in [1.29, 1.82) is 0 Å². The Morgan fingerprint density at radius 2 is 1.94 bits per heavy atom. The van der Waals surface area contributed by atoms with Crippen LogP contribution in [0.2, 0.25) is 0 Å². The second-order valence-corrected chi connectivity index (χ2v) is 5.37. The largest absolute Gasteiger partial charge is 0.417 e. The summed E-state index contributed by atoms with van der Waals surface area (Å²) in [4.78, 5) is 11.0. The summed E-state index contributed by atoms with van der Waals surface area (Å²) < 4.78 is 38.1. The Morgan fingerprint density at radius 3 is 2.38 bits per heavy atom. The minimum Gasteiger partial charge on any atom is -0.293 e. The third-order valence-corrected chi connectivity index (χ3v) is 3.00. The summed E-state index contributed by atoms with van der Waals surface area (Å²) in [6, 6.07) is 3.56. The second-order valence-electron chi connectivity index (χ2n) is 3.14. The molecular weight excluding hydrogens is 353 g/mol. The van der Waals surface area contributed by atoms with Crippen LogP contribution >= 0.6 is 31.9 Å².